The predicted octanol–water partition coefficient (Wildman–Crippen LogP) is 2.32. The first kappa shape index (κ1) is 20.0. The number of hydrogen-bond acceptors (Lipinski definition) is 4. The van der Waals surface area contributed by atoms with Crippen LogP contribution in [0, 0.1) is 11.8 Å². The van der Waals surface area contributed by atoms with E-state index in [0.717, 1.165) is 0 Å². The summed E-state index contributed by atoms with van der Waals surface area (Å²) >= 11 is 0. The second-order valence-electron chi connectivity index (χ2n) is 5.15. The molecule has 124 valence electrons. The molecule has 5 nitrogen and oxygen atoms in total. The van der Waals surface area contributed by atoms with Gasteiger partial charge in [-0.25, -0.2) is 9.18 Å². The number of amides is 1. The van der Waals surface area contributed by atoms with E-state index in [1.807, 2.05) is 0 Å². The van der Waals surface area contributed by atoms with Crippen LogP contribution in [0.4, 0.5) is 9.18 Å². The third kappa shape index (κ3) is 9.83. The van der Waals surface area contributed by atoms with Crippen molar-refractivity contribution in [2.75, 3.05) is 26.4 Å². The molecule has 0 aromatic rings. The van der Waals surface area contributed by atoms with Gasteiger partial charge in [0, 0.05) is 0 Å². The van der Waals surface area contributed by atoms with E-state index in [1.165, 1.54) is 6.08 Å². The van der Waals surface area contributed by atoms with Gasteiger partial charge in [0.25, 0.3) is 0 Å². The Morgan fingerprint density at radius 3 is 2.59 bits per heavy atom. The van der Waals surface area contributed by atoms with Crippen LogP contribution in [0.3, 0.4) is 0 Å². The molecule has 0 fully saturated rings. The smallest absolute Gasteiger partial charge is 0.408 e. The molecule has 0 aliphatic carbocycles. The van der Waals surface area contributed by atoms with Gasteiger partial charge in [-0.15, -0.1) is 0 Å². The van der Waals surface area contributed by atoms with Gasteiger partial charge in [-0.05, 0) is 33.8 Å². The highest BCUT2D eigenvalue weighted by Crippen LogP contribution is 2.11. The number of nitrogens with one attached hydrogen (secondary N) is 1. The van der Waals surface area contributed by atoms with Gasteiger partial charge in [0.15, 0.2) is 0 Å². The molecule has 0 bridgehead atoms. The van der Waals surface area contributed by atoms with Gasteiger partial charge in [0.2, 0.25) is 0 Å². The highest BCUT2D eigenvalue weighted by atomic mass is 19.1. The SMILES string of the molecule is C/C=C(C#CCNC(=O)OC(C)(C)C)\C(=C/CF)OCCO. The van der Waals surface area contributed by atoms with Gasteiger partial charge < -0.3 is 19.9 Å². The molecule has 0 heterocycles. The molecule has 2 N–H and O–H groups in total. The van der Waals surface area contributed by atoms with Crippen molar-refractivity contribution in [3.8, 4) is 11.8 Å². The lowest BCUT2D eigenvalue weighted by molar-refractivity contribution is 0.0535. The van der Waals surface area contributed by atoms with Crippen LogP contribution in [0.1, 0.15) is 27.7 Å². The third-order valence-corrected chi connectivity index (χ3v) is 2.11. The lowest BCUT2D eigenvalue weighted by Gasteiger charge is -2.19. The van der Waals surface area contributed by atoms with Crippen LogP contribution >= 0.6 is 0 Å². The Balaban J connectivity index is 4.57. The molecule has 0 atom stereocenters. The second-order valence-corrected chi connectivity index (χ2v) is 5.15. The van der Waals surface area contributed by atoms with E-state index in [1.54, 1.807) is 33.8 Å². The molecular weight excluding hydrogens is 289 g/mol. The standard InChI is InChI=1S/C16H24FNO4/c1-5-13(14(8-9-17)21-12-11-19)7-6-10-18-15(20)22-16(2,3)4/h5,8,19H,9-12H2,1-4H3,(H,18,20)/b13-5-,14-8+. The summed E-state index contributed by atoms with van der Waals surface area (Å²) in [5, 5.41) is 11.2. The van der Waals surface area contributed by atoms with E-state index in [2.05, 4.69) is 17.2 Å². The molecule has 0 radical (unpaired) electrons. The molecule has 0 aliphatic rings. The molecule has 0 aliphatic heterocycles. The van der Waals surface area contributed by atoms with Crippen molar-refractivity contribution in [3.63, 3.8) is 0 Å². The highest BCUT2D eigenvalue weighted by Gasteiger charge is 2.15. The Hall–Kier alpha value is -2.00. The Kier molecular flexibility index (Phi) is 9.72. The highest BCUT2D eigenvalue weighted by molar-refractivity contribution is 5.68. The summed E-state index contributed by atoms with van der Waals surface area (Å²) in [5.74, 6) is 5.78. The number of aliphatic hydroxyl groups is 1. The van der Waals surface area contributed by atoms with Gasteiger partial charge in [-0.2, -0.15) is 0 Å². The molecule has 0 aromatic heterocycles. The maximum Gasteiger partial charge on any atom is 0.408 e. The molecule has 0 spiro atoms. The minimum Gasteiger partial charge on any atom is -0.490 e. The number of aliphatic hydroxyl groups excluding tert-OH is 1. The monoisotopic (exact) mass is 313 g/mol. The van der Waals surface area contributed by atoms with Gasteiger partial charge in [-0.1, -0.05) is 17.9 Å². The fraction of sp³-hybridized carbons (Fsp3) is 0.562. The van der Waals surface area contributed by atoms with Crippen LogP contribution in [0.5, 0.6) is 0 Å². The summed E-state index contributed by atoms with van der Waals surface area (Å²) in [7, 11) is 0. The minimum atomic E-state index is -0.698. The van der Waals surface area contributed by atoms with Crippen molar-refractivity contribution in [2.24, 2.45) is 0 Å². The second kappa shape index (κ2) is 10.7. The quantitative estimate of drug-likeness (QED) is 0.449. The minimum absolute atomic E-state index is 0.0566. The van der Waals surface area contributed by atoms with E-state index in [0.29, 0.717) is 5.57 Å². The first-order valence-electron chi connectivity index (χ1n) is 6.96. The van der Waals surface area contributed by atoms with Gasteiger partial charge >= 0.3 is 6.09 Å². The summed E-state index contributed by atoms with van der Waals surface area (Å²) in [6.07, 6.45) is 2.35. The number of rotatable bonds is 6. The van der Waals surface area contributed by atoms with Crippen LogP contribution in [0.25, 0.3) is 0 Å². The predicted molar refractivity (Wildman–Crippen MR) is 82.9 cm³/mol. The van der Waals surface area contributed by atoms with E-state index in [4.69, 9.17) is 14.6 Å². The van der Waals surface area contributed by atoms with E-state index >= 15 is 0 Å². The van der Waals surface area contributed by atoms with Gasteiger partial charge in [-0.3, -0.25) is 0 Å². The Morgan fingerprint density at radius 1 is 1.41 bits per heavy atom. The van der Waals surface area contributed by atoms with Crippen molar-refractivity contribution < 1.29 is 23.8 Å². The third-order valence-electron chi connectivity index (χ3n) is 2.11. The fourth-order valence-electron chi connectivity index (χ4n) is 1.32. The summed E-state index contributed by atoms with van der Waals surface area (Å²) in [6, 6.07) is 0. The van der Waals surface area contributed by atoms with E-state index < -0.39 is 18.4 Å². The maximum atomic E-state index is 12.5. The summed E-state index contributed by atoms with van der Waals surface area (Å²) in [5.41, 5.74) is -0.0849. The van der Waals surface area contributed by atoms with Gasteiger partial charge in [0.1, 0.15) is 24.6 Å². The summed E-state index contributed by atoms with van der Waals surface area (Å²) < 4.78 is 22.7. The van der Waals surface area contributed by atoms with Crippen LogP contribution in [-0.2, 0) is 9.47 Å². The van der Waals surface area contributed by atoms with Crippen LogP contribution in [-0.4, -0.2) is 43.2 Å². The lowest BCUT2D eigenvalue weighted by Crippen LogP contribution is -2.32. The number of alkyl carbamates (subject to hydrolysis) is 1. The number of alkyl halides is 1. The normalized spacial score (nSPS) is 12.3. The van der Waals surface area contributed by atoms with Crippen LogP contribution in [0.15, 0.2) is 23.5 Å². The van der Waals surface area contributed by atoms with Gasteiger partial charge in [0.05, 0.1) is 18.7 Å². The Morgan fingerprint density at radius 2 is 2.09 bits per heavy atom. The van der Waals surface area contributed by atoms with Crippen molar-refractivity contribution in [2.45, 2.75) is 33.3 Å². The zero-order chi connectivity index (χ0) is 17.0. The Labute approximate surface area is 131 Å². The molecule has 0 saturated carbocycles. The van der Waals surface area contributed by atoms with Crippen LogP contribution in [0.2, 0.25) is 0 Å². The largest absolute Gasteiger partial charge is 0.490 e. The topological polar surface area (TPSA) is 67.8 Å². The van der Waals surface area contributed by atoms with Crippen LogP contribution < -0.4 is 5.32 Å². The molecule has 22 heavy (non-hydrogen) atoms. The molecule has 0 rings (SSSR count). The maximum absolute atomic E-state index is 12.5. The molecule has 1 amide bonds. The number of hydrogen-bond donors (Lipinski definition) is 2. The zero-order valence-corrected chi connectivity index (χ0v) is 13.5. The summed E-state index contributed by atoms with van der Waals surface area (Å²) in [6.45, 7) is 6.31. The number of halogens is 1. The molecular formula is C16H24FNO4. The number of carbonyl (C=O) groups is 1. The van der Waals surface area contributed by atoms with Crippen molar-refractivity contribution in [1.29, 1.82) is 0 Å². The average molecular weight is 313 g/mol. The fourth-order valence-corrected chi connectivity index (χ4v) is 1.32. The number of allylic oxidation sites excluding steroid dienone is 3. The molecule has 0 unspecified atom stereocenters. The molecule has 0 aromatic carbocycles. The van der Waals surface area contributed by atoms with E-state index in [9.17, 15) is 9.18 Å². The number of ether oxygens (including phenoxy) is 2. The molecule has 6 heteroatoms. The van der Waals surface area contributed by atoms with E-state index in [-0.39, 0.29) is 25.5 Å². The zero-order valence-electron chi connectivity index (χ0n) is 13.5. The van der Waals surface area contributed by atoms with Crippen molar-refractivity contribution >= 4 is 6.09 Å². The molecule has 0 saturated heterocycles. The Bertz CT molecular complexity index is 467. The van der Waals surface area contributed by atoms with Crippen molar-refractivity contribution in [3.05, 3.63) is 23.5 Å². The number of carbonyl (C=O) groups excluding carboxylic acids is 1. The average Bonchev–Trinajstić information content (AvgIpc) is 2.42. The summed E-state index contributed by atoms with van der Waals surface area (Å²) in [4.78, 5) is 11.4. The lowest BCUT2D eigenvalue weighted by atomic mass is 10.2. The van der Waals surface area contributed by atoms with Crippen molar-refractivity contribution in [1.82, 2.24) is 5.32 Å². The first-order chi connectivity index (χ1) is 10.3. The first-order valence-corrected chi connectivity index (χ1v) is 6.96.